The van der Waals surface area contributed by atoms with E-state index in [1.54, 1.807) is 0 Å². The third-order valence-corrected chi connectivity index (χ3v) is 4.87. The Balaban J connectivity index is 3.32. The number of halogens is 1. The Labute approximate surface area is 103 Å². The maximum atomic E-state index is 11.5. The number of aromatic nitrogens is 2. The molecule has 0 saturated carbocycles. The van der Waals surface area contributed by atoms with Crippen LogP contribution in [-0.2, 0) is 16.4 Å². The molecule has 0 aliphatic rings. The standard InChI is InChI=1S/C9H13ClN2O4S/c1-9(2,17(3,15)16)5-12-7(13)4-6(10)11-8(12)14/h4H,5H2,1-3H3,(H,11,14). The summed E-state index contributed by atoms with van der Waals surface area (Å²) >= 11 is 5.50. The molecule has 0 aliphatic heterocycles. The largest absolute Gasteiger partial charge is 0.329 e. The Hall–Kier alpha value is -1.08. The Morgan fingerprint density at radius 2 is 1.94 bits per heavy atom. The number of nitrogens with one attached hydrogen (secondary N) is 1. The highest BCUT2D eigenvalue weighted by molar-refractivity contribution is 7.92. The van der Waals surface area contributed by atoms with Crippen LogP contribution < -0.4 is 11.2 Å². The van der Waals surface area contributed by atoms with Gasteiger partial charge in [0.15, 0.2) is 9.84 Å². The summed E-state index contributed by atoms with van der Waals surface area (Å²) in [5.74, 6) is 0. The van der Waals surface area contributed by atoms with Gasteiger partial charge in [-0.1, -0.05) is 11.6 Å². The van der Waals surface area contributed by atoms with Gasteiger partial charge in [-0.2, -0.15) is 0 Å². The summed E-state index contributed by atoms with van der Waals surface area (Å²) in [7, 11) is -3.39. The van der Waals surface area contributed by atoms with E-state index in [0.717, 1.165) is 16.9 Å². The predicted molar refractivity (Wildman–Crippen MR) is 65.3 cm³/mol. The molecule has 0 amide bonds. The molecule has 0 unspecified atom stereocenters. The smallest absolute Gasteiger partial charge is 0.298 e. The van der Waals surface area contributed by atoms with Crippen molar-refractivity contribution in [3.05, 3.63) is 32.1 Å². The second kappa shape index (κ2) is 4.30. The van der Waals surface area contributed by atoms with Gasteiger partial charge < -0.3 is 0 Å². The van der Waals surface area contributed by atoms with E-state index in [4.69, 9.17) is 11.6 Å². The molecule has 1 aromatic heterocycles. The minimum absolute atomic E-state index is 0.0755. The molecule has 0 bridgehead atoms. The third-order valence-electron chi connectivity index (χ3n) is 2.53. The molecular weight excluding hydrogens is 268 g/mol. The van der Waals surface area contributed by atoms with E-state index in [2.05, 4.69) is 4.98 Å². The molecule has 1 N–H and O–H groups in total. The summed E-state index contributed by atoms with van der Waals surface area (Å²) < 4.78 is 22.6. The van der Waals surface area contributed by atoms with E-state index in [1.165, 1.54) is 13.8 Å². The van der Waals surface area contributed by atoms with Gasteiger partial charge in [0.25, 0.3) is 5.56 Å². The molecule has 1 aromatic rings. The van der Waals surface area contributed by atoms with E-state index in [0.29, 0.717) is 0 Å². The Kier molecular flexibility index (Phi) is 3.54. The maximum absolute atomic E-state index is 11.5. The van der Waals surface area contributed by atoms with Crippen LogP contribution in [0.5, 0.6) is 0 Å². The van der Waals surface area contributed by atoms with Crippen molar-refractivity contribution in [2.45, 2.75) is 25.1 Å². The van der Waals surface area contributed by atoms with Crippen molar-refractivity contribution >= 4 is 21.4 Å². The lowest BCUT2D eigenvalue weighted by Gasteiger charge is -2.22. The SMILES string of the molecule is CC(C)(Cn1c(=O)cc(Cl)[nH]c1=O)S(C)(=O)=O. The first kappa shape index (κ1) is 14.0. The zero-order valence-electron chi connectivity index (χ0n) is 9.65. The van der Waals surface area contributed by atoms with Gasteiger partial charge in [0.05, 0.1) is 4.75 Å². The maximum Gasteiger partial charge on any atom is 0.329 e. The zero-order chi connectivity index (χ0) is 13.4. The molecule has 1 heterocycles. The van der Waals surface area contributed by atoms with Gasteiger partial charge in [-0.25, -0.2) is 13.2 Å². The van der Waals surface area contributed by atoms with Gasteiger partial charge in [0.1, 0.15) is 5.15 Å². The topological polar surface area (TPSA) is 89.0 Å². The molecule has 8 heteroatoms. The number of rotatable bonds is 3. The van der Waals surface area contributed by atoms with Crippen molar-refractivity contribution in [2.75, 3.05) is 6.26 Å². The molecule has 96 valence electrons. The molecule has 17 heavy (non-hydrogen) atoms. The third kappa shape index (κ3) is 2.98. The quantitative estimate of drug-likeness (QED) is 0.790. The van der Waals surface area contributed by atoms with E-state index in [9.17, 15) is 18.0 Å². The summed E-state index contributed by atoms with van der Waals surface area (Å²) in [6, 6.07) is 1.03. The highest BCUT2D eigenvalue weighted by Crippen LogP contribution is 2.16. The number of sulfone groups is 1. The summed E-state index contributed by atoms with van der Waals surface area (Å²) in [5, 5.41) is -0.0755. The molecule has 6 nitrogen and oxygen atoms in total. The minimum atomic E-state index is -3.39. The molecule has 0 fully saturated rings. The number of hydrogen-bond acceptors (Lipinski definition) is 4. The minimum Gasteiger partial charge on any atom is -0.298 e. The fourth-order valence-electron chi connectivity index (χ4n) is 1.14. The van der Waals surface area contributed by atoms with E-state index in [-0.39, 0.29) is 11.7 Å². The molecule has 0 aromatic carbocycles. The van der Waals surface area contributed by atoms with Crippen molar-refractivity contribution in [1.82, 2.24) is 9.55 Å². The van der Waals surface area contributed by atoms with Gasteiger partial charge in [-0.05, 0) is 13.8 Å². The highest BCUT2D eigenvalue weighted by atomic mass is 35.5. The molecule has 0 aliphatic carbocycles. The summed E-state index contributed by atoms with van der Waals surface area (Å²) in [4.78, 5) is 25.3. The van der Waals surface area contributed by atoms with Crippen LogP contribution in [0.25, 0.3) is 0 Å². The van der Waals surface area contributed by atoms with Crippen LogP contribution in [0, 0.1) is 0 Å². The van der Waals surface area contributed by atoms with Crippen LogP contribution in [0.15, 0.2) is 15.7 Å². The van der Waals surface area contributed by atoms with Crippen LogP contribution in [-0.4, -0.2) is 29.0 Å². The molecule has 0 spiro atoms. The Morgan fingerprint density at radius 3 is 2.35 bits per heavy atom. The lowest BCUT2D eigenvalue weighted by Crippen LogP contribution is -2.44. The molecule has 0 saturated heterocycles. The van der Waals surface area contributed by atoms with Crippen LogP contribution in [0.2, 0.25) is 5.15 Å². The monoisotopic (exact) mass is 280 g/mol. The number of hydrogen-bond donors (Lipinski definition) is 1. The lowest BCUT2D eigenvalue weighted by molar-refractivity contribution is 0.484. The predicted octanol–water partition coefficient (Wildman–Crippen LogP) is 0.0132. The van der Waals surface area contributed by atoms with Crippen molar-refractivity contribution in [3.8, 4) is 0 Å². The summed E-state index contributed by atoms with van der Waals surface area (Å²) in [6.45, 7) is 2.67. The Morgan fingerprint density at radius 1 is 1.41 bits per heavy atom. The first-order valence-corrected chi connectivity index (χ1v) is 7.01. The molecular formula is C9H13ClN2O4S. The average Bonchev–Trinajstić information content (AvgIpc) is 2.09. The normalized spacial score (nSPS) is 12.7. The molecule has 1 rings (SSSR count). The highest BCUT2D eigenvalue weighted by Gasteiger charge is 2.31. The van der Waals surface area contributed by atoms with Gasteiger partial charge in [0, 0.05) is 18.9 Å². The van der Waals surface area contributed by atoms with Gasteiger partial charge in [-0.15, -0.1) is 0 Å². The van der Waals surface area contributed by atoms with Crippen molar-refractivity contribution in [2.24, 2.45) is 0 Å². The Bertz CT molecular complexity index is 610. The lowest BCUT2D eigenvalue weighted by atomic mass is 10.2. The first-order valence-electron chi connectivity index (χ1n) is 4.74. The van der Waals surface area contributed by atoms with Gasteiger partial charge in [-0.3, -0.25) is 14.3 Å². The second-order valence-corrected chi connectivity index (χ2v) is 7.44. The van der Waals surface area contributed by atoms with E-state index < -0.39 is 25.8 Å². The van der Waals surface area contributed by atoms with Crippen molar-refractivity contribution in [3.63, 3.8) is 0 Å². The number of H-pyrrole nitrogens is 1. The van der Waals surface area contributed by atoms with E-state index >= 15 is 0 Å². The first-order chi connectivity index (χ1) is 7.54. The van der Waals surface area contributed by atoms with Gasteiger partial charge >= 0.3 is 5.69 Å². The molecule has 0 atom stereocenters. The second-order valence-electron chi connectivity index (χ2n) is 4.38. The van der Waals surface area contributed by atoms with Crippen LogP contribution in [0.4, 0.5) is 0 Å². The number of nitrogens with zero attached hydrogens (tertiary/aromatic N) is 1. The van der Waals surface area contributed by atoms with Crippen LogP contribution in [0.3, 0.4) is 0 Å². The summed E-state index contributed by atoms with van der Waals surface area (Å²) in [6.07, 6.45) is 1.06. The molecule has 0 radical (unpaired) electrons. The average molecular weight is 281 g/mol. The van der Waals surface area contributed by atoms with E-state index in [1.807, 2.05) is 0 Å². The summed E-state index contributed by atoms with van der Waals surface area (Å²) in [5.41, 5.74) is -1.35. The van der Waals surface area contributed by atoms with Crippen molar-refractivity contribution < 1.29 is 8.42 Å². The zero-order valence-corrected chi connectivity index (χ0v) is 11.2. The fraction of sp³-hybridized carbons (Fsp3) is 0.556. The fourth-order valence-corrected chi connectivity index (χ4v) is 1.68. The van der Waals surface area contributed by atoms with Crippen LogP contribution >= 0.6 is 11.6 Å². The van der Waals surface area contributed by atoms with Crippen molar-refractivity contribution in [1.29, 1.82) is 0 Å². The van der Waals surface area contributed by atoms with Gasteiger partial charge in [0.2, 0.25) is 0 Å². The van der Waals surface area contributed by atoms with Crippen LogP contribution in [0.1, 0.15) is 13.8 Å². The number of aromatic amines is 1.